The van der Waals surface area contributed by atoms with Crippen molar-refractivity contribution in [3.63, 3.8) is 0 Å². The molecule has 4 rings (SSSR count). The van der Waals surface area contributed by atoms with Gasteiger partial charge in [0, 0.05) is 31.6 Å². The molecule has 154 valence electrons. The Balaban J connectivity index is 1.47. The number of hydrogen-bond acceptors (Lipinski definition) is 5. The Morgan fingerprint density at radius 1 is 1.07 bits per heavy atom. The molecule has 1 atom stereocenters. The summed E-state index contributed by atoms with van der Waals surface area (Å²) < 4.78 is 1.47. The second-order valence-corrected chi connectivity index (χ2v) is 7.46. The van der Waals surface area contributed by atoms with E-state index >= 15 is 0 Å². The summed E-state index contributed by atoms with van der Waals surface area (Å²) in [5.41, 5.74) is 2.70. The molecule has 8 nitrogen and oxygen atoms in total. The van der Waals surface area contributed by atoms with Gasteiger partial charge in [-0.2, -0.15) is 0 Å². The summed E-state index contributed by atoms with van der Waals surface area (Å²) in [6.07, 6.45) is 4.54. The molecule has 3 aromatic rings. The maximum Gasteiger partial charge on any atom is 0.249 e. The minimum absolute atomic E-state index is 0.192. The van der Waals surface area contributed by atoms with E-state index in [-0.39, 0.29) is 11.8 Å². The monoisotopic (exact) mass is 404 g/mol. The van der Waals surface area contributed by atoms with Crippen molar-refractivity contribution in [2.24, 2.45) is 0 Å². The minimum atomic E-state index is -0.574. The summed E-state index contributed by atoms with van der Waals surface area (Å²) in [6.45, 7) is 1.34. The van der Waals surface area contributed by atoms with Crippen LogP contribution in [-0.4, -0.2) is 43.5 Å². The number of nitrogens with zero attached hydrogens (tertiary/aromatic N) is 5. The SMILES string of the molecule is O=C(Nc1cccc(CN2CCCCC2=O)c1)C(Cc1ccccc1)n1cnnn1. The lowest BCUT2D eigenvalue weighted by molar-refractivity contribution is -0.133. The fourth-order valence-corrected chi connectivity index (χ4v) is 3.68. The summed E-state index contributed by atoms with van der Waals surface area (Å²) >= 11 is 0. The number of hydrogen-bond donors (Lipinski definition) is 1. The van der Waals surface area contributed by atoms with Crippen molar-refractivity contribution in [3.05, 3.63) is 72.1 Å². The van der Waals surface area contributed by atoms with E-state index in [1.54, 1.807) is 0 Å². The number of rotatable bonds is 7. The van der Waals surface area contributed by atoms with Crippen LogP contribution in [0.5, 0.6) is 0 Å². The van der Waals surface area contributed by atoms with Crippen molar-refractivity contribution in [2.45, 2.75) is 38.3 Å². The Morgan fingerprint density at radius 2 is 1.90 bits per heavy atom. The fraction of sp³-hybridized carbons (Fsp3) is 0.318. The van der Waals surface area contributed by atoms with Crippen LogP contribution >= 0.6 is 0 Å². The summed E-state index contributed by atoms with van der Waals surface area (Å²) in [6, 6.07) is 16.8. The van der Waals surface area contributed by atoms with E-state index < -0.39 is 6.04 Å². The molecule has 30 heavy (non-hydrogen) atoms. The number of piperidine rings is 1. The maximum atomic E-state index is 13.1. The molecule has 2 heterocycles. The number of carbonyl (C=O) groups excluding carboxylic acids is 2. The zero-order valence-electron chi connectivity index (χ0n) is 16.6. The summed E-state index contributed by atoms with van der Waals surface area (Å²) in [4.78, 5) is 27.0. The third kappa shape index (κ3) is 4.89. The Kier molecular flexibility index (Phi) is 6.12. The first-order valence-electron chi connectivity index (χ1n) is 10.1. The molecule has 1 saturated heterocycles. The summed E-state index contributed by atoms with van der Waals surface area (Å²) in [7, 11) is 0. The van der Waals surface area contributed by atoms with Crippen LogP contribution in [0.3, 0.4) is 0 Å². The van der Waals surface area contributed by atoms with Crippen molar-refractivity contribution in [1.82, 2.24) is 25.1 Å². The van der Waals surface area contributed by atoms with E-state index in [1.807, 2.05) is 59.5 Å². The normalized spacial score (nSPS) is 15.1. The number of aromatic nitrogens is 4. The molecule has 1 fully saturated rings. The second kappa shape index (κ2) is 9.30. The topological polar surface area (TPSA) is 93.0 Å². The highest BCUT2D eigenvalue weighted by atomic mass is 16.2. The van der Waals surface area contributed by atoms with Crippen molar-refractivity contribution in [1.29, 1.82) is 0 Å². The van der Waals surface area contributed by atoms with E-state index in [2.05, 4.69) is 20.8 Å². The number of carbonyl (C=O) groups is 2. The summed E-state index contributed by atoms with van der Waals surface area (Å²) in [5, 5.41) is 14.3. The highest BCUT2D eigenvalue weighted by molar-refractivity contribution is 5.93. The first-order valence-corrected chi connectivity index (χ1v) is 10.1. The zero-order chi connectivity index (χ0) is 20.8. The fourth-order valence-electron chi connectivity index (χ4n) is 3.68. The van der Waals surface area contributed by atoms with Crippen molar-refractivity contribution >= 4 is 17.5 Å². The molecule has 1 aliphatic rings. The lowest BCUT2D eigenvalue weighted by atomic mass is 10.1. The van der Waals surface area contributed by atoms with Crippen LogP contribution in [-0.2, 0) is 22.6 Å². The van der Waals surface area contributed by atoms with Crippen LogP contribution in [0, 0.1) is 0 Å². The predicted octanol–water partition coefficient (Wildman–Crippen LogP) is 2.61. The van der Waals surface area contributed by atoms with Crippen LogP contribution in [0.1, 0.15) is 36.4 Å². The largest absolute Gasteiger partial charge is 0.338 e. The molecule has 0 aliphatic carbocycles. The van der Waals surface area contributed by atoms with Gasteiger partial charge in [0.1, 0.15) is 12.4 Å². The van der Waals surface area contributed by atoms with Gasteiger partial charge in [-0.25, -0.2) is 4.68 Å². The number of nitrogens with one attached hydrogen (secondary N) is 1. The van der Waals surface area contributed by atoms with E-state index in [9.17, 15) is 9.59 Å². The molecule has 1 aromatic heterocycles. The van der Waals surface area contributed by atoms with E-state index in [0.29, 0.717) is 25.1 Å². The van der Waals surface area contributed by atoms with Crippen molar-refractivity contribution in [2.75, 3.05) is 11.9 Å². The quantitative estimate of drug-likeness (QED) is 0.653. The molecular weight excluding hydrogens is 380 g/mol. The van der Waals surface area contributed by atoms with Gasteiger partial charge in [-0.15, -0.1) is 5.10 Å². The maximum absolute atomic E-state index is 13.1. The van der Waals surface area contributed by atoms with Crippen LogP contribution in [0.2, 0.25) is 0 Å². The van der Waals surface area contributed by atoms with Crippen LogP contribution < -0.4 is 5.32 Å². The van der Waals surface area contributed by atoms with Crippen LogP contribution in [0.15, 0.2) is 60.9 Å². The lowest BCUT2D eigenvalue weighted by Crippen LogP contribution is -2.34. The number of benzene rings is 2. The smallest absolute Gasteiger partial charge is 0.249 e. The molecule has 1 aliphatic heterocycles. The van der Waals surface area contributed by atoms with Gasteiger partial charge in [-0.3, -0.25) is 9.59 Å². The molecular formula is C22H24N6O2. The van der Waals surface area contributed by atoms with Gasteiger partial charge in [0.05, 0.1) is 0 Å². The average molecular weight is 404 g/mol. The second-order valence-electron chi connectivity index (χ2n) is 7.46. The van der Waals surface area contributed by atoms with Gasteiger partial charge in [-0.05, 0) is 46.5 Å². The summed E-state index contributed by atoms with van der Waals surface area (Å²) in [5.74, 6) is -0.00496. The van der Waals surface area contributed by atoms with E-state index in [4.69, 9.17) is 0 Å². The van der Waals surface area contributed by atoms with E-state index in [0.717, 1.165) is 30.5 Å². The van der Waals surface area contributed by atoms with Gasteiger partial charge >= 0.3 is 0 Å². The number of amides is 2. The van der Waals surface area contributed by atoms with Gasteiger partial charge in [-0.1, -0.05) is 42.5 Å². The molecule has 0 spiro atoms. The number of anilines is 1. The third-order valence-corrected chi connectivity index (χ3v) is 5.25. The first kappa shape index (κ1) is 19.8. The average Bonchev–Trinajstić information content (AvgIpc) is 3.29. The molecule has 0 saturated carbocycles. The van der Waals surface area contributed by atoms with Gasteiger partial charge < -0.3 is 10.2 Å². The molecule has 8 heteroatoms. The van der Waals surface area contributed by atoms with Gasteiger partial charge in [0.25, 0.3) is 0 Å². The van der Waals surface area contributed by atoms with E-state index in [1.165, 1.54) is 11.0 Å². The Labute approximate surface area is 174 Å². The highest BCUT2D eigenvalue weighted by Gasteiger charge is 2.23. The molecule has 1 N–H and O–H groups in total. The van der Waals surface area contributed by atoms with Crippen molar-refractivity contribution < 1.29 is 9.59 Å². The Bertz CT molecular complexity index is 990. The molecule has 2 amide bonds. The minimum Gasteiger partial charge on any atom is -0.338 e. The standard InChI is InChI=1S/C22H24N6O2/c29-21-11-4-5-12-27(21)15-18-9-6-10-19(13-18)24-22(30)20(28-16-23-25-26-28)14-17-7-2-1-3-8-17/h1-3,6-10,13,16,20H,4-5,11-12,14-15H2,(H,24,30). The molecule has 0 radical (unpaired) electrons. The highest BCUT2D eigenvalue weighted by Crippen LogP contribution is 2.19. The van der Waals surface area contributed by atoms with Crippen LogP contribution in [0.25, 0.3) is 0 Å². The number of tetrazole rings is 1. The third-order valence-electron chi connectivity index (χ3n) is 5.25. The molecule has 2 aromatic carbocycles. The Morgan fingerprint density at radius 3 is 2.67 bits per heavy atom. The molecule has 0 bridgehead atoms. The Hall–Kier alpha value is -3.55. The lowest BCUT2D eigenvalue weighted by Gasteiger charge is -2.27. The van der Waals surface area contributed by atoms with Gasteiger partial charge in [0.15, 0.2) is 0 Å². The van der Waals surface area contributed by atoms with Gasteiger partial charge in [0.2, 0.25) is 11.8 Å². The first-order chi connectivity index (χ1) is 14.7. The van der Waals surface area contributed by atoms with Crippen molar-refractivity contribution in [3.8, 4) is 0 Å². The number of likely N-dealkylation sites (tertiary alicyclic amines) is 1. The zero-order valence-corrected chi connectivity index (χ0v) is 16.6. The predicted molar refractivity (Wildman–Crippen MR) is 111 cm³/mol. The van der Waals surface area contributed by atoms with Crippen LogP contribution in [0.4, 0.5) is 5.69 Å². The molecule has 1 unspecified atom stereocenters.